The van der Waals surface area contributed by atoms with Gasteiger partial charge in [-0.1, -0.05) is 6.92 Å². The summed E-state index contributed by atoms with van der Waals surface area (Å²) in [4.78, 5) is 31.8. The molecule has 0 aromatic heterocycles. The average Bonchev–Trinajstić information content (AvgIpc) is 2.12. The van der Waals surface area contributed by atoms with E-state index in [9.17, 15) is 14.4 Å². The van der Waals surface area contributed by atoms with E-state index in [2.05, 4.69) is 4.74 Å². The zero-order valence-electron chi connectivity index (χ0n) is 7.57. The summed E-state index contributed by atoms with van der Waals surface area (Å²) in [5.74, 6) is -3.66. The van der Waals surface area contributed by atoms with E-state index in [1.54, 1.807) is 6.92 Å². The summed E-state index contributed by atoms with van der Waals surface area (Å²) >= 11 is 0. The van der Waals surface area contributed by atoms with E-state index in [-0.39, 0.29) is 6.42 Å². The standard InChI is InChI=1S/C8H12O5/c1-3-5(8(12)13-2)4-6(9)7(10)11/h5H,3-4H2,1-2H3,(H,10,11). The van der Waals surface area contributed by atoms with Gasteiger partial charge in [0, 0.05) is 6.42 Å². The number of carbonyl (C=O) groups is 3. The minimum Gasteiger partial charge on any atom is -0.476 e. The summed E-state index contributed by atoms with van der Waals surface area (Å²) in [6.45, 7) is 1.69. The third-order valence-corrected chi connectivity index (χ3v) is 1.70. The van der Waals surface area contributed by atoms with E-state index in [0.717, 1.165) is 0 Å². The van der Waals surface area contributed by atoms with Crippen LogP contribution >= 0.6 is 0 Å². The van der Waals surface area contributed by atoms with Crippen LogP contribution in [0.3, 0.4) is 0 Å². The number of aliphatic carboxylic acids is 1. The minimum atomic E-state index is -1.51. The van der Waals surface area contributed by atoms with Crippen molar-refractivity contribution in [2.45, 2.75) is 19.8 Å². The van der Waals surface area contributed by atoms with Gasteiger partial charge in [0.15, 0.2) is 0 Å². The molecule has 5 nitrogen and oxygen atoms in total. The molecule has 74 valence electrons. The molecule has 0 spiro atoms. The number of carbonyl (C=O) groups excluding carboxylic acids is 2. The molecular weight excluding hydrogens is 176 g/mol. The molecule has 0 bridgehead atoms. The Morgan fingerprint density at radius 2 is 1.92 bits per heavy atom. The van der Waals surface area contributed by atoms with Crippen LogP contribution in [0.15, 0.2) is 0 Å². The lowest BCUT2D eigenvalue weighted by Crippen LogP contribution is -2.23. The van der Waals surface area contributed by atoms with Crippen molar-refractivity contribution in [2.75, 3.05) is 7.11 Å². The summed E-state index contributed by atoms with van der Waals surface area (Å²) in [6.07, 6.45) is 0.101. The summed E-state index contributed by atoms with van der Waals surface area (Å²) in [7, 11) is 1.20. The second kappa shape index (κ2) is 5.29. The Hall–Kier alpha value is -1.39. The fourth-order valence-corrected chi connectivity index (χ4v) is 0.872. The van der Waals surface area contributed by atoms with Crippen molar-refractivity contribution in [1.29, 1.82) is 0 Å². The molecule has 0 aromatic rings. The molecule has 0 radical (unpaired) electrons. The fourth-order valence-electron chi connectivity index (χ4n) is 0.872. The highest BCUT2D eigenvalue weighted by molar-refractivity contribution is 6.33. The number of hydrogen-bond donors (Lipinski definition) is 1. The van der Waals surface area contributed by atoms with E-state index in [1.807, 2.05) is 0 Å². The van der Waals surface area contributed by atoms with Crippen molar-refractivity contribution in [3.05, 3.63) is 0 Å². The zero-order chi connectivity index (χ0) is 10.4. The number of ketones is 1. The number of Topliss-reactive ketones (excluding diaryl/α,β-unsaturated/α-hetero) is 1. The molecule has 13 heavy (non-hydrogen) atoms. The number of carboxylic acids is 1. The molecule has 0 amide bonds. The predicted octanol–water partition coefficient (Wildman–Crippen LogP) is 0.229. The van der Waals surface area contributed by atoms with Gasteiger partial charge in [0.25, 0.3) is 0 Å². The van der Waals surface area contributed by atoms with Gasteiger partial charge in [-0.2, -0.15) is 0 Å². The van der Waals surface area contributed by atoms with E-state index in [0.29, 0.717) is 6.42 Å². The van der Waals surface area contributed by atoms with Crippen LogP contribution in [0.4, 0.5) is 0 Å². The highest BCUT2D eigenvalue weighted by Gasteiger charge is 2.23. The van der Waals surface area contributed by atoms with Gasteiger partial charge in [-0.15, -0.1) is 0 Å². The highest BCUT2D eigenvalue weighted by Crippen LogP contribution is 2.10. The lowest BCUT2D eigenvalue weighted by atomic mass is 10.00. The molecule has 1 unspecified atom stereocenters. The second-order valence-electron chi connectivity index (χ2n) is 2.56. The van der Waals surface area contributed by atoms with Crippen molar-refractivity contribution in [3.63, 3.8) is 0 Å². The molecular formula is C8H12O5. The summed E-state index contributed by atoms with van der Waals surface area (Å²) in [5.41, 5.74) is 0. The van der Waals surface area contributed by atoms with E-state index in [1.165, 1.54) is 7.11 Å². The molecule has 0 aliphatic rings. The smallest absolute Gasteiger partial charge is 0.372 e. The Morgan fingerprint density at radius 1 is 1.38 bits per heavy atom. The molecule has 1 N–H and O–H groups in total. The molecule has 0 heterocycles. The van der Waals surface area contributed by atoms with Crippen molar-refractivity contribution < 1.29 is 24.2 Å². The topological polar surface area (TPSA) is 80.7 Å². The van der Waals surface area contributed by atoms with Gasteiger partial charge < -0.3 is 9.84 Å². The van der Waals surface area contributed by atoms with Gasteiger partial charge in [-0.3, -0.25) is 9.59 Å². The first-order valence-electron chi connectivity index (χ1n) is 3.86. The maximum atomic E-state index is 10.9. The number of ether oxygens (including phenoxy) is 1. The Bertz CT molecular complexity index is 221. The Balaban J connectivity index is 4.21. The molecule has 0 aromatic carbocycles. The van der Waals surface area contributed by atoms with Gasteiger partial charge in [-0.05, 0) is 6.42 Å². The molecule has 0 rings (SSSR count). The van der Waals surface area contributed by atoms with Crippen molar-refractivity contribution in [2.24, 2.45) is 5.92 Å². The number of methoxy groups -OCH3 is 1. The van der Waals surface area contributed by atoms with Gasteiger partial charge in [-0.25, -0.2) is 4.79 Å². The quantitative estimate of drug-likeness (QED) is 0.493. The van der Waals surface area contributed by atoms with Crippen LogP contribution in [0.5, 0.6) is 0 Å². The van der Waals surface area contributed by atoms with Crippen molar-refractivity contribution in [1.82, 2.24) is 0 Å². The summed E-state index contributed by atoms with van der Waals surface area (Å²) in [5, 5.41) is 8.28. The predicted molar refractivity (Wildman–Crippen MR) is 43.1 cm³/mol. The second-order valence-corrected chi connectivity index (χ2v) is 2.56. The first-order chi connectivity index (χ1) is 6.02. The highest BCUT2D eigenvalue weighted by atomic mass is 16.5. The number of esters is 1. The molecule has 1 atom stereocenters. The van der Waals surface area contributed by atoms with Crippen LogP contribution in [0.2, 0.25) is 0 Å². The van der Waals surface area contributed by atoms with Crippen LogP contribution < -0.4 is 0 Å². The van der Waals surface area contributed by atoms with E-state index in [4.69, 9.17) is 5.11 Å². The largest absolute Gasteiger partial charge is 0.476 e. The Labute approximate surface area is 75.7 Å². The van der Waals surface area contributed by atoms with Gasteiger partial charge in [0.1, 0.15) is 0 Å². The fraction of sp³-hybridized carbons (Fsp3) is 0.625. The number of rotatable bonds is 5. The van der Waals surface area contributed by atoms with Gasteiger partial charge in [0.05, 0.1) is 13.0 Å². The van der Waals surface area contributed by atoms with Gasteiger partial charge in [0.2, 0.25) is 5.78 Å². The summed E-state index contributed by atoms with van der Waals surface area (Å²) in [6, 6.07) is 0. The minimum absolute atomic E-state index is 0.293. The Morgan fingerprint density at radius 3 is 2.23 bits per heavy atom. The SMILES string of the molecule is CCC(CC(=O)C(=O)O)C(=O)OC. The van der Waals surface area contributed by atoms with Crippen LogP contribution in [-0.4, -0.2) is 29.9 Å². The van der Waals surface area contributed by atoms with E-state index >= 15 is 0 Å². The molecule has 0 aliphatic heterocycles. The average molecular weight is 188 g/mol. The van der Waals surface area contributed by atoms with Crippen LogP contribution in [0, 0.1) is 5.92 Å². The first-order valence-corrected chi connectivity index (χ1v) is 3.86. The van der Waals surface area contributed by atoms with Crippen LogP contribution in [0.25, 0.3) is 0 Å². The molecule has 5 heteroatoms. The normalized spacial score (nSPS) is 11.8. The molecule has 0 fully saturated rings. The maximum Gasteiger partial charge on any atom is 0.372 e. The Kier molecular flexibility index (Phi) is 4.72. The monoisotopic (exact) mass is 188 g/mol. The lowest BCUT2D eigenvalue weighted by molar-refractivity contribution is -0.152. The van der Waals surface area contributed by atoms with Crippen molar-refractivity contribution in [3.8, 4) is 0 Å². The van der Waals surface area contributed by atoms with Gasteiger partial charge >= 0.3 is 11.9 Å². The maximum absolute atomic E-state index is 10.9. The molecule has 0 aliphatic carbocycles. The zero-order valence-corrected chi connectivity index (χ0v) is 7.57. The van der Waals surface area contributed by atoms with Crippen LogP contribution in [-0.2, 0) is 19.1 Å². The van der Waals surface area contributed by atoms with E-state index < -0.39 is 23.6 Å². The van der Waals surface area contributed by atoms with Crippen molar-refractivity contribution >= 4 is 17.7 Å². The number of carboxylic acid groups (broad SMARTS) is 1. The molecule has 0 saturated heterocycles. The number of hydrogen-bond acceptors (Lipinski definition) is 4. The molecule has 0 saturated carbocycles. The third-order valence-electron chi connectivity index (χ3n) is 1.70. The first kappa shape index (κ1) is 11.6. The summed E-state index contributed by atoms with van der Waals surface area (Å²) < 4.78 is 4.40. The van der Waals surface area contributed by atoms with Crippen LogP contribution in [0.1, 0.15) is 19.8 Å². The third kappa shape index (κ3) is 3.68. The lowest BCUT2D eigenvalue weighted by Gasteiger charge is -2.09.